The van der Waals surface area contributed by atoms with Gasteiger partial charge in [-0.3, -0.25) is 4.79 Å². The first-order valence-electron chi connectivity index (χ1n) is 5.04. The molecule has 2 aromatic rings. The molecule has 0 aliphatic rings. The molecule has 0 fully saturated rings. The van der Waals surface area contributed by atoms with E-state index in [1.54, 1.807) is 0 Å². The number of nitrogens with one attached hydrogen (secondary N) is 1. The van der Waals surface area contributed by atoms with E-state index >= 15 is 0 Å². The molecule has 0 bridgehead atoms. The Labute approximate surface area is 115 Å². The van der Waals surface area contributed by atoms with Gasteiger partial charge < -0.3 is 4.98 Å². The number of aromatic nitrogens is 1. The molecule has 0 atom stereocenters. The zero-order valence-electron chi connectivity index (χ0n) is 9.18. The van der Waals surface area contributed by atoms with E-state index in [1.165, 1.54) is 24.4 Å². The molecule has 2 rings (SSSR count). The number of H-pyrrole nitrogens is 1. The zero-order valence-corrected chi connectivity index (χ0v) is 10.7. The normalized spacial score (nSPS) is 11.6. The topological polar surface area (TPSA) is 32.9 Å². The van der Waals surface area contributed by atoms with Gasteiger partial charge in [-0.2, -0.15) is 13.2 Å². The second-order valence-corrected chi connectivity index (χ2v) is 4.57. The van der Waals surface area contributed by atoms with E-state index in [-0.39, 0.29) is 10.6 Å². The molecule has 2 nitrogen and oxygen atoms in total. The van der Waals surface area contributed by atoms with Gasteiger partial charge in [-0.15, -0.1) is 0 Å². The lowest BCUT2D eigenvalue weighted by molar-refractivity contribution is -0.138. The third-order valence-electron chi connectivity index (χ3n) is 2.46. The van der Waals surface area contributed by atoms with Gasteiger partial charge in [-0.25, -0.2) is 0 Å². The van der Waals surface area contributed by atoms with Crippen LogP contribution in [-0.2, 0) is 6.18 Å². The Bertz CT molecular complexity index is 679. The zero-order chi connectivity index (χ0) is 14.2. The van der Waals surface area contributed by atoms with Crippen LogP contribution < -0.4 is 5.56 Å². The van der Waals surface area contributed by atoms with Gasteiger partial charge >= 0.3 is 6.18 Å². The van der Waals surface area contributed by atoms with Crippen molar-refractivity contribution in [2.45, 2.75) is 6.18 Å². The Balaban J connectivity index is 2.58. The highest BCUT2D eigenvalue weighted by molar-refractivity contribution is 6.42. The van der Waals surface area contributed by atoms with E-state index in [1.807, 2.05) is 0 Å². The Kier molecular flexibility index (Phi) is 3.60. The molecule has 1 aromatic carbocycles. The maximum Gasteiger partial charge on any atom is 0.421 e. The highest BCUT2D eigenvalue weighted by atomic mass is 35.5. The maximum absolute atomic E-state index is 12.6. The number of halogens is 5. The summed E-state index contributed by atoms with van der Waals surface area (Å²) in [7, 11) is 0. The van der Waals surface area contributed by atoms with Crippen molar-refractivity contribution in [2.24, 2.45) is 0 Å². The third-order valence-corrected chi connectivity index (χ3v) is 3.20. The minimum absolute atomic E-state index is 0.200. The van der Waals surface area contributed by atoms with Crippen molar-refractivity contribution < 1.29 is 13.2 Å². The summed E-state index contributed by atoms with van der Waals surface area (Å²) >= 11 is 11.5. The molecular weight excluding hydrogens is 302 g/mol. The Morgan fingerprint density at radius 1 is 1.00 bits per heavy atom. The molecule has 7 heteroatoms. The average molecular weight is 308 g/mol. The van der Waals surface area contributed by atoms with Crippen LogP contribution in [0.1, 0.15) is 5.56 Å². The first-order chi connectivity index (χ1) is 8.79. The van der Waals surface area contributed by atoms with Crippen LogP contribution in [0.5, 0.6) is 0 Å². The summed E-state index contributed by atoms with van der Waals surface area (Å²) in [6.07, 6.45) is -3.52. The van der Waals surface area contributed by atoms with Crippen LogP contribution in [0.2, 0.25) is 10.0 Å². The predicted molar refractivity (Wildman–Crippen MR) is 67.5 cm³/mol. The number of benzene rings is 1. The van der Waals surface area contributed by atoms with Crippen molar-refractivity contribution in [1.82, 2.24) is 4.98 Å². The van der Waals surface area contributed by atoms with Crippen molar-refractivity contribution in [1.29, 1.82) is 0 Å². The smallest absolute Gasteiger partial charge is 0.328 e. The monoisotopic (exact) mass is 307 g/mol. The summed E-state index contributed by atoms with van der Waals surface area (Å²) in [5.41, 5.74) is -1.81. The Hall–Kier alpha value is -1.46. The summed E-state index contributed by atoms with van der Waals surface area (Å²) in [5.74, 6) is 0. The van der Waals surface area contributed by atoms with Crippen LogP contribution in [0, 0.1) is 0 Å². The van der Waals surface area contributed by atoms with E-state index in [0.29, 0.717) is 10.6 Å². The van der Waals surface area contributed by atoms with Crippen molar-refractivity contribution in [2.75, 3.05) is 0 Å². The SMILES string of the molecule is O=c1[nH]cc(-c2ccc(Cl)c(Cl)c2)cc1C(F)(F)F. The first kappa shape index (κ1) is 14.0. The molecule has 1 heterocycles. The van der Waals surface area contributed by atoms with E-state index in [0.717, 1.165) is 6.07 Å². The highest BCUT2D eigenvalue weighted by Crippen LogP contribution is 2.31. The van der Waals surface area contributed by atoms with Gasteiger partial charge in [0.1, 0.15) is 5.56 Å². The molecule has 0 saturated heterocycles. The van der Waals surface area contributed by atoms with Crippen molar-refractivity contribution in [3.63, 3.8) is 0 Å². The summed E-state index contributed by atoms with van der Waals surface area (Å²) < 4.78 is 37.9. The van der Waals surface area contributed by atoms with Crippen molar-refractivity contribution in [3.8, 4) is 11.1 Å². The molecule has 0 radical (unpaired) electrons. The fourth-order valence-corrected chi connectivity index (χ4v) is 1.83. The van der Waals surface area contributed by atoms with Gasteiger partial charge in [0, 0.05) is 6.20 Å². The van der Waals surface area contributed by atoms with Crippen LogP contribution in [0.25, 0.3) is 11.1 Å². The lowest BCUT2D eigenvalue weighted by Gasteiger charge is -2.08. The van der Waals surface area contributed by atoms with Crippen molar-refractivity contribution >= 4 is 23.2 Å². The molecule has 1 aromatic heterocycles. The second-order valence-electron chi connectivity index (χ2n) is 3.76. The molecule has 0 spiro atoms. The van der Waals surface area contributed by atoms with Gasteiger partial charge in [-0.05, 0) is 29.3 Å². The van der Waals surface area contributed by atoms with Crippen LogP contribution >= 0.6 is 23.2 Å². The molecule has 0 unspecified atom stereocenters. The molecular formula is C12H6Cl2F3NO. The lowest BCUT2D eigenvalue weighted by Crippen LogP contribution is -2.20. The number of alkyl halides is 3. The van der Waals surface area contributed by atoms with Gasteiger partial charge in [0.05, 0.1) is 10.0 Å². The van der Waals surface area contributed by atoms with Crippen LogP contribution in [0.15, 0.2) is 35.3 Å². The van der Waals surface area contributed by atoms with Crippen LogP contribution in [0.3, 0.4) is 0 Å². The fourth-order valence-electron chi connectivity index (χ4n) is 1.54. The first-order valence-corrected chi connectivity index (χ1v) is 5.80. The number of hydrogen-bond donors (Lipinski definition) is 1. The Morgan fingerprint density at radius 2 is 1.68 bits per heavy atom. The fraction of sp³-hybridized carbons (Fsp3) is 0.0833. The number of hydrogen-bond acceptors (Lipinski definition) is 1. The van der Waals surface area contributed by atoms with Gasteiger partial charge in [0.15, 0.2) is 0 Å². The minimum Gasteiger partial charge on any atom is -0.328 e. The Morgan fingerprint density at radius 3 is 2.26 bits per heavy atom. The van der Waals surface area contributed by atoms with E-state index in [9.17, 15) is 18.0 Å². The van der Waals surface area contributed by atoms with Crippen molar-refractivity contribution in [3.05, 3.63) is 56.4 Å². The van der Waals surface area contributed by atoms with Gasteiger partial charge in [0.2, 0.25) is 0 Å². The minimum atomic E-state index is -4.71. The summed E-state index contributed by atoms with van der Waals surface area (Å²) in [6.45, 7) is 0. The van der Waals surface area contributed by atoms with Crippen LogP contribution in [0.4, 0.5) is 13.2 Å². The number of rotatable bonds is 1. The molecule has 0 aliphatic heterocycles. The lowest BCUT2D eigenvalue weighted by atomic mass is 10.1. The largest absolute Gasteiger partial charge is 0.421 e. The molecule has 1 N–H and O–H groups in total. The molecule has 0 aliphatic carbocycles. The van der Waals surface area contributed by atoms with E-state index < -0.39 is 17.3 Å². The number of aromatic amines is 1. The quantitative estimate of drug-likeness (QED) is 0.834. The standard InChI is InChI=1S/C12H6Cl2F3NO/c13-9-2-1-6(4-10(9)14)7-3-8(12(15,16)17)11(19)18-5-7/h1-5H,(H,18,19). The van der Waals surface area contributed by atoms with Crippen LogP contribution in [-0.4, -0.2) is 4.98 Å². The third kappa shape index (κ3) is 2.93. The van der Waals surface area contributed by atoms with E-state index in [2.05, 4.69) is 4.98 Å². The maximum atomic E-state index is 12.6. The highest BCUT2D eigenvalue weighted by Gasteiger charge is 2.34. The number of pyridine rings is 1. The average Bonchev–Trinajstić information content (AvgIpc) is 2.32. The molecule has 0 amide bonds. The molecule has 19 heavy (non-hydrogen) atoms. The predicted octanol–water partition coefficient (Wildman–Crippen LogP) is 4.37. The summed E-state index contributed by atoms with van der Waals surface area (Å²) in [4.78, 5) is 13.2. The van der Waals surface area contributed by atoms with E-state index in [4.69, 9.17) is 23.2 Å². The second kappa shape index (κ2) is 4.90. The van der Waals surface area contributed by atoms with Gasteiger partial charge in [-0.1, -0.05) is 29.3 Å². The summed E-state index contributed by atoms with van der Waals surface area (Å²) in [5, 5.41) is 0.518. The van der Waals surface area contributed by atoms with Gasteiger partial charge in [0.25, 0.3) is 5.56 Å². The molecule has 100 valence electrons. The summed E-state index contributed by atoms with van der Waals surface area (Å²) in [6, 6.07) is 5.19. The molecule has 0 saturated carbocycles.